The van der Waals surface area contributed by atoms with Crippen molar-refractivity contribution in [3.8, 4) is 6.07 Å². The number of hydrogen-bond acceptors (Lipinski definition) is 4. The van der Waals surface area contributed by atoms with Crippen LogP contribution in [0.4, 0.5) is 5.69 Å². The standard InChI is InChI=1S/C16H11Cl2N3O3S/c17-14-3-1-2-10(15(14)18)8-11(9-19)16(22)21-12-4-6-13(7-5-12)25(20,23)24/h1-8H,(H,21,22)(H2,20,23,24)/b11-8+. The molecule has 0 aliphatic carbocycles. The molecule has 0 unspecified atom stereocenters. The summed E-state index contributed by atoms with van der Waals surface area (Å²) < 4.78 is 22.4. The number of nitrogens with zero attached hydrogens (tertiary/aromatic N) is 1. The second-order valence-corrected chi connectivity index (χ2v) is 7.18. The van der Waals surface area contributed by atoms with E-state index in [0.29, 0.717) is 16.3 Å². The molecule has 0 fully saturated rings. The molecular formula is C16H11Cl2N3O3S. The molecule has 2 rings (SSSR count). The van der Waals surface area contributed by atoms with E-state index in [4.69, 9.17) is 28.3 Å². The van der Waals surface area contributed by atoms with Crippen molar-refractivity contribution in [2.75, 3.05) is 5.32 Å². The molecule has 0 atom stereocenters. The molecule has 0 heterocycles. The third-order valence-electron chi connectivity index (χ3n) is 3.09. The number of nitrogens with one attached hydrogen (secondary N) is 1. The molecule has 25 heavy (non-hydrogen) atoms. The molecular weight excluding hydrogens is 385 g/mol. The summed E-state index contributed by atoms with van der Waals surface area (Å²) >= 11 is 11.9. The van der Waals surface area contributed by atoms with Gasteiger partial charge in [0.2, 0.25) is 10.0 Å². The van der Waals surface area contributed by atoms with E-state index in [1.165, 1.54) is 30.3 Å². The minimum atomic E-state index is -3.82. The van der Waals surface area contributed by atoms with Gasteiger partial charge in [0.1, 0.15) is 11.6 Å². The molecule has 0 aliphatic heterocycles. The average Bonchev–Trinajstić information content (AvgIpc) is 2.55. The number of rotatable bonds is 4. The van der Waals surface area contributed by atoms with E-state index in [-0.39, 0.29) is 15.5 Å². The van der Waals surface area contributed by atoms with Crippen LogP contribution in [0.5, 0.6) is 0 Å². The van der Waals surface area contributed by atoms with Crippen LogP contribution in [0.3, 0.4) is 0 Å². The highest BCUT2D eigenvalue weighted by Gasteiger charge is 2.12. The van der Waals surface area contributed by atoms with E-state index in [9.17, 15) is 18.5 Å². The summed E-state index contributed by atoms with van der Waals surface area (Å²) in [6.07, 6.45) is 1.31. The molecule has 128 valence electrons. The van der Waals surface area contributed by atoms with Crippen LogP contribution in [-0.4, -0.2) is 14.3 Å². The monoisotopic (exact) mass is 395 g/mol. The molecule has 0 aliphatic rings. The average molecular weight is 396 g/mol. The molecule has 0 saturated heterocycles. The van der Waals surface area contributed by atoms with Crippen molar-refractivity contribution < 1.29 is 13.2 Å². The van der Waals surface area contributed by atoms with Gasteiger partial charge in [-0.15, -0.1) is 0 Å². The minimum Gasteiger partial charge on any atom is -0.321 e. The Hall–Kier alpha value is -2.37. The van der Waals surface area contributed by atoms with Crippen LogP contribution >= 0.6 is 23.2 Å². The Morgan fingerprint density at radius 3 is 2.36 bits per heavy atom. The number of primary sulfonamides is 1. The van der Waals surface area contributed by atoms with Crippen LogP contribution in [0.2, 0.25) is 10.0 Å². The van der Waals surface area contributed by atoms with Gasteiger partial charge in [-0.2, -0.15) is 5.26 Å². The van der Waals surface area contributed by atoms with Gasteiger partial charge < -0.3 is 5.32 Å². The van der Waals surface area contributed by atoms with Crippen molar-refractivity contribution in [3.05, 3.63) is 63.6 Å². The van der Waals surface area contributed by atoms with Crippen molar-refractivity contribution in [2.24, 2.45) is 5.14 Å². The highest BCUT2D eigenvalue weighted by atomic mass is 35.5. The summed E-state index contributed by atoms with van der Waals surface area (Å²) in [6.45, 7) is 0. The van der Waals surface area contributed by atoms with Crippen molar-refractivity contribution >= 4 is 50.9 Å². The lowest BCUT2D eigenvalue weighted by Crippen LogP contribution is -2.14. The first kappa shape index (κ1) is 19.0. The number of carbonyl (C=O) groups is 1. The predicted molar refractivity (Wildman–Crippen MR) is 96.5 cm³/mol. The van der Waals surface area contributed by atoms with Gasteiger partial charge in [0.25, 0.3) is 5.91 Å². The second kappa shape index (κ2) is 7.68. The first-order chi connectivity index (χ1) is 11.7. The Bertz CT molecular complexity index is 994. The van der Waals surface area contributed by atoms with Crippen LogP contribution < -0.4 is 10.5 Å². The first-order valence-electron chi connectivity index (χ1n) is 6.72. The first-order valence-corrected chi connectivity index (χ1v) is 9.02. The molecule has 0 bridgehead atoms. The fraction of sp³-hybridized carbons (Fsp3) is 0. The molecule has 6 nitrogen and oxygen atoms in total. The summed E-state index contributed by atoms with van der Waals surface area (Å²) in [4.78, 5) is 12.1. The van der Waals surface area contributed by atoms with E-state index in [1.807, 2.05) is 0 Å². The normalized spacial score (nSPS) is 11.7. The van der Waals surface area contributed by atoms with E-state index in [2.05, 4.69) is 5.32 Å². The Morgan fingerprint density at radius 1 is 1.16 bits per heavy atom. The number of hydrogen-bond donors (Lipinski definition) is 2. The van der Waals surface area contributed by atoms with Gasteiger partial charge >= 0.3 is 0 Å². The Labute approximate surface area is 154 Å². The van der Waals surface area contributed by atoms with Gasteiger partial charge in [-0.1, -0.05) is 35.3 Å². The zero-order chi connectivity index (χ0) is 18.6. The predicted octanol–water partition coefficient (Wildman–Crippen LogP) is 3.19. The second-order valence-electron chi connectivity index (χ2n) is 4.84. The topological polar surface area (TPSA) is 113 Å². The maximum Gasteiger partial charge on any atom is 0.266 e. The maximum absolute atomic E-state index is 12.2. The summed E-state index contributed by atoms with van der Waals surface area (Å²) in [5.41, 5.74) is 0.529. The van der Waals surface area contributed by atoms with Gasteiger partial charge in [0.05, 0.1) is 14.9 Å². The number of halogens is 2. The van der Waals surface area contributed by atoms with E-state index >= 15 is 0 Å². The minimum absolute atomic E-state index is 0.0905. The smallest absolute Gasteiger partial charge is 0.266 e. The number of benzene rings is 2. The lowest BCUT2D eigenvalue weighted by molar-refractivity contribution is -0.112. The fourth-order valence-corrected chi connectivity index (χ4v) is 2.74. The molecule has 0 aromatic heterocycles. The van der Waals surface area contributed by atoms with E-state index in [0.717, 1.165) is 0 Å². The maximum atomic E-state index is 12.2. The lowest BCUT2D eigenvalue weighted by Gasteiger charge is -2.06. The van der Waals surface area contributed by atoms with E-state index < -0.39 is 15.9 Å². The number of nitriles is 1. The third kappa shape index (κ3) is 4.81. The number of amides is 1. The summed E-state index contributed by atoms with van der Waals surface area (Å²) in [6, 6.07) is 11.8. The summed E-state index contributed by atoms with van der Waals surface area (Å²) in [5, 5.41) is 17.2. The molecule has 2 aromatic rings. The molecule has 9 heteroatoms. The molecule has 0 saturated carbocycles. The van der Waals surface area contributed by atoms with Gasteiger partial charge in [-0.05, 0) is 42.0 Å². The van der Waals surface area contributed by atoms with Gasteiger partial charge in [-0.25, -0.2) is 13.6 Å². The van der Waals surface area contributed by atoms with Crippen molar-refractivity contribution in [2.45, 2.75) is 4.90 Å². The number of anilines is 1. The zero-order valence-electron chi connectivity index (χ0n) is 12.5. The molecule has 0 spiro atoms. The highest BCUT2D eigenvalue weighted by molar-refractivity contribution is 7.89. The van der Waals surface area contributed by atoms with Gasteiger partial charge in [-0.3, -0.25) is 4.79 Å². The van der Waals surface area contributed by atoms with Gasteiger partial charge in [0, 0.05) is 5.69 Å². The quantitative estimate of drug-likeness (QED) is 0.610. The Balaban J connectivity index is 2.25. The summed E-state index contributed by atoms with van der Waals surface area (Å²) in [7, 11) is -3.82. The van der Waals surface area contributed by atoms with Crippen molar-refractivity contribution in [1.29, 1.82) is 5.26 Å². The van der Waals surface area contributed by atoms with Crippen LogP contribution in [0.25, 0.3) is 6.08 Å². The van der Waals surface area contributed by atoms with Crippen molar-refractivity contribution in [1.82, 2.24) is 0 Å². The molecule has 2 aromatic carbocycles. The molecule has 1 amide bonds. The summed E-state index contributed by atoms with van der Waals surface area (Å²) in [5.74, 6) is -0.679. The van der Waals surface area contributed by atoms with Crippen LogP contribution in [-0.2, 0) is 14.8 Å². The largest absolute Gasteiger partial charge is 0.321 e. The number of sulfonamides is 1. The number of nitrogens with two attached hydrogens (primary N) is 1. The Morgan fingerprint density at radius 2 is 1.80 bits per heavy atom. The van der Waals surface area contributed by atoms with Crippen LogP contribution in [0.15, 0.2) is 52.9 Å². The van der Waals surface area contributed by atoms with E-state index in [1.54, 1.807) is 24.3 Å². The third-order valence-corrected chi connectivity index (χ3v) is 4.85. The molecule has 3 N–H and O–H groups in total. The zero-order valence-corrected chi connectivity index (χ0v) is 14.9. The number of carbonyl (C=O) groups excluding carboxylic acids is 1. The molecule has 0 radical (unpaired) electrons. The Kier molecular flexibility index (Phi) is 5.82. The van der Waals surface area contributed by atoms with Gasteiger partial charge in [0.15, 0.2) is 0 Å². The SMILES string of the molecule is N#C/C(=C\c1cccc(Cl)c1Cl)C(=O)Nc1ccc(S(N)(=O)=O)cc1. The fourth-order valence-electron chi connectivity index (χ4n) is 1.86. The highest BCUT2D eigenvalue weighted by Crippen LogP contribution is 2.27. The lowest BCUT2D eigenvalue weighted by atomic mass is 10.1. The van der Waals surface area contributed by atoms with Crippen LogP contribution in [0.1, 0.15) is 5.56 Å². The van der Waals surface area contributed by atoms with Crippen LogP contribution in [0, 0.1) is 11.3 Å². The van der Waals surface area contributed by atoms with Crippen molar-refractivity contribution in [3.63, 3.8) is 0 Å².